The van der Waals surface area contributed by atoms with Crippen LogP contribution in [0.3, 0.4) is 0 Å². The maximum absolute atomic E-state index is 10.1. The van der Waals surface area contributed by atoms with Crippen molar-refractivity contribution in [2.45, 2.75) is 19.8 Å². The lowest BCUT2D eigenvalue weighted by atomic mass is 9.98. The van der Waals surface area contributed by atoms with Crippen LogP contribution in [0.1, 0.15) is 16.7 Å². The zero-order chi connectivity index (χ0) is 12.9. The van der Waals surface area contributed by atoms with Gasteiger partial charge in [-0.2, -0.15) is 0 Å². The van der Waals surface area contributed by atoms with E-state index in [4.69, 9.17) is 9.47 Å². The van der Waals surface area contributed by atoms with Gasteiger partial charge in [-0.15, -0.1) is 0 Å². The summed E-state index contributed by atoms with van der Waals surface area (Å²) in [6.07, 6.45) is 1.78. The van der Waals surface area contributed by atoms with E-state index >= 15 is 0 Å². The summed E-state index contributed by atoms with van der Waals surface area (Å²) in [5.74, 6) is 2.04. The SMILES string of the molecule is COc1cc(OC)c2c(C)cc(O)c3c2c1CC3. The number of benzene rings is 2. The molecule has 94 valence electrons. The Labute approximate surface area is 106 Å². The van der Waals surface area contributed by atoms with Crippen LogP contribution >= 0.6 is 0 Å². The van der Waals surface area contributed by atoms with Gasteiger partial charge < -0.3 is 14.6 Å². The van der Waals surface area contributed by atoms with Crippen LogP contribution in [0.5, 0.6) is 17.2 Å². The number of phenols is 1. The van der Waals surface area contributed by atoms with E-state index in [1.54, 1.807) is 14.2 Å². The topological polar surface area (TPSA) is 38.7 Å². The zero-order valence-electron chi connectivity index (χ0n) is 10.8. The molecule has 0 atom stereocenters. The number of aromatic hydroxyl groups is 1. The third kappa shape index (κ3) is 1.30. The molecule has 1 aliphatic rings. The molecule has 3 rings (SSSR count). The fourth-order valence-electron chi connectivity index (χ4n) is 2.99. The van der Waals surface area contributed by atoms with Crippen molar-refractivity contribution in [2.24, 2.45) is 0 Å². The summed E-state index contributed by atoms with van der Waals surface area (Å²) < 4.78 is 10.9. The van der Waals surface area contributed by atoms with E-state index in [2.05, 4.69) is 0 Å². The van der Waals surface area contributed by atoms with Crippen molar-refractivity contribution in [1.29, 1.82) is 0 Å². The van der Waals surface area contributed by atoms with Crippen LogP contribution < -0.4 is 9.47 Å². The van der Waals surface area contributed by atoms with Gasteiger partial charge in [-0.25, -0.2) is 0 Å². The van der Waals surface area contributed by atoms with Crippen molar-refractivity contribution < 1.29 is 14.6 Å². The Hall–Kier alpha value is -1.90. The molecule has 1 aliphatic carbocycles. The summed E-state index contributed by atoms with van der Waals surface area (Å²) in [7, 11) is 3.34. The molecule has 0 saturated carbocycles. The molecular weight excluding hydrogens is 228 g/mol. The highest BCUT2D eigenvalue weighted by Gasteiger charge is 2.25. The second-order valence-electron chi connectivity index (χ2n) is 4.70. The van der Waals surface area contributed by atoms with Gasteiger partial charge in [0.25, 0.3) is 0 Å². The van der Waals surface area contributed by atoms with E-state index in [9.17, 15) is 5.11 Å². The van der Waals surface area contributed by atoms with Gasteiger partial charge in [-0.3, -0.25) is 0 Å². The van der Waals surface area contributed by atoms with E-state index in [0.717, 1.165) is 46.2 Å². The molecule has 0 unspecified atom stereocenters. The molecule has 2 aromatic carbocycles. The first-order valence-corrected chi connectivity index (χ1v) is 6.06. The molecule has 0 aliphatic heterocycles. The molecule has 0 fully saturated rings. The quantitative estimate of drug-likeness (QED) is 0.882. The predicted molar refractivity (Wildman–Crippen MR) is 70.9 cm³/mol. The van der Waals surface area contributed by atoms with Crippen LogP contribution in [0.4, 0.5) is 0 Å². The summed E-state index contributed by atoms with van der Waals surface area (Å²) in [6, 6.07) is 3.76. The fraction of sp³-hybridized carbons (Fsp3) is 0.333. The summed E-state index contributed by atoms with van der Waals surface area (Å²) in [5.41, 5.74) is 3.24. The van der Waals surface area contributed by atoms with Crippen LogP contribution in [0, 0.1) is 6.92 Å². The summed E-state index contributed by atoms with van der Waals surface area (Å²) in [4.78, 5) is 0. The maximum Gasteiger partial charge on any atom is 0.130 e. The third-order valence-electron chi connectivity index (χ3n) is 3.78. The minimum absolute atomic E-state index is 0.383. The maximum atomic E-state index is 10.1. The van der Waals surface area contributed by atoms with Gasteiger partial charge in [-0.05, 0) is 36.8 Å². The second-order valence-corrected chi connectivity index (χ2v) is 4.70. The molecule has 0 amide bonds. The Morgan fingerprint density at radius 2 is 1.61 bits per heavy atom. The molecule has 0 aromatic heterocycles. The molecule has 0 spiro atoms. The lowest BCUT2D eigenvalue weighted by Gasteiger charge is -2.14. The number of hydrogen-bond acceptors (Lipinski definition) is 3. The first-order chi connectivity index (χ1) is 8.67. The average molecular weight is 244 g/mol. The highest BCUT2D eigenvalue weighted by atomic mass is 16.5. The van der Waals surface area contributed by atoms with Crippen molar-refractivity contribution in [1.82, 2.24) is 0 Å². The predicted octanol–water partition coefficient (Wildman–Crippen LogP) is 2.97. The number of rotatable bonds is 2. The molecule has 18 heavy (non-hydrogen) atoms. The van der Waals surface area contributed by atoms with Gasteiger partial charge >= 0.3 is 0 Å². The van der Waals surface area contributed by atoms with Gasteiger partial charge in [0, 0.05) is 22.6 Å². The molecule has 0 bridgehead atoms. The second kappa shape index (κ2) is 3.80. The first-order valence-electron chi connectivity index (χ1n) is 6.06. The average Bonchev–Trinajstić information content (AvgIpc) is 2.80. The number of hydrogen-bond donors (Lipinski definition) is 1. The summed E-state index contributed by atoms with van der Waals surface area (Å²) >= 11 is 0. The van der Waals surface area contributed by atoms with E-state index < -0.39 is 0 Å². The van der Waals surface area contributed by atoms with E-state index in [1.165, 1.54) is 5.56 Å². The Balaban J connectivity index is 2.52. The largest absolute Gasteiger partial charge is 0.508 e. The van der Waals surface area contributed by atoms with Crippen molar-refractivity contribution in [3.8, 4) is 17.2 Å². The lowest BCUT2D eigenvalue weighted by molar-refractivity contribution is 0.395. The highest BCUT2D eigenvalue weighted by molar-refractivity contribution is 6.00. The first kappa shape index (κ1) is 11.2. The smallest absolute Gasteiger partial charge is 0.130 e. The van der Waals surface area contributed by atoms with Crippen LogP contribution in [0.15, 0.2) is 12.1 Å². The molecule has 3 nitrogen and oxygen atoms in total. The minimum atomic E-state index is 0.383. The fourth-order valence-corrected chi connectivity index (χ4v) is 2.99. The molecule has 2 aromatic rings. The van der Waals surface area contributed by atoms with E-state index in [0.29, 0.717) is 5.75 Å². The number of methoxy groups -OCH3 is 2. The molecule has 0 saturated heterocycles. The van der Waals surface area contributed by atoms with Gasteiger partial charge in [0.05, 0.1) is 14.2 Å². The Morgan fingerprint density at radius 1 is 0.944 bits per heavy atom. The van der Waals surface area contributed by atoms with Crippen molar-refractivity contribution in [3.63, 3.8) is 0 Å². The number of aryl methyl sites for hydroxylation is 3. The molecular formula is C15H16O3. The Kier molecular flexibility index (Phi) is 2.37. The van der Waals surface area contributed by atoms with E-state index in [-0.39, 0.29) is 0 Å². The Morgan fingerprint density at radius 3 is 2.28 bits per heavy atom. The molecule has 1 N–H and O–H groups in total. The van der Waals surface area contributed by atoms with Crippen LogP contribution in [0.2, 0.25) is 0 Å². The number of phenolic OH excluding ortho intramolecular Hbond substituents is 1. The lowest BCUT2D eigenvalue weighted by Crippen LogP contribution is -1.94. The van der Waals surface area contributed by atoms with Crippen LogP contribution in [-0.4, -0.2) is 19.3 Å². The minimum Gasteiger partial charge on any atom is -0.508 e. The standard InChI is InChI=1S/C15H16O3/c1-8-6-11(16)9-4-5-10-12(17-2)7-13(18-3)14(8)15(9)10/h6-7,16H,4-5H2,1-3H3. The highest BCUT2D eigenvalue weighted by Crippen LogP contribution is 2.46. The van der Waals surface area contributed by atoms with Gasteiger partial charge in [-0.1, -0.05) is 0 Å². The monoisotopic (exact) mass is 244 g/mol. The molecule has 3 heteroatoms. The third-order valence-corrected chi connectivity index (χ3v) is 3.78. The van der Waals surface area contributed by atoms with Crippen molar-refractivity contribution in [3.05, 3.63) is 28.8 Å². The van der Waals surface area contributed by atoms with Crippen LogP contribution in [0.25, 0.3) is 10.8 Å². The van der Waals surface area contributed by atoms with Gasteiger partial charge in [0.2, 0.25) is 0 Å². The Bertz CT molecular complexity index is 644. The van der Waals surface area contributed by atoms with Crippen molar-refractivity contribution in [2.75, 3.05) is 14.2 Å². The molecule has 0 radical (unpaired) electrons. The normalized spacial score (nSPS) is 13.1. The number of ether oxygens (including phenoxy) is 2. The zero-order valence-corrected chi connectivity index (χ0v) is 10.8. The summed E-state index contributed by atoms with van der Waals surface area (Å²) in [6.45, 7) is 2.00. The molecule has 0 heterocycles. The van der Waals surface area contributed by atoms with E-state index in [1.807, 2.05) is 19.1 Å². The van der Waals surface area contributed by atoms with Gasteiger partial charge in [0.1, 0.15) is 17.2 Å². The summed E-state index contributed by atoms with van der Waals surface area (Å²) in [5, 5.41) is 12.3. The van der Waals surface area contributed by atoms with Crippen LogP contribution in [-0.2, 0) is 12.8 Å². The van der Waals surface area contributed by atoms with Gasteiger partial charge in [0.15, 0.2) is 0 Å². The van der Waals surface area contributed by atoms with Crippen molar-refractivity contribution >= 4 is 10.8 Å².